The van der Waals surface area contributed by atoms with Gasteiger partial charge < -0.3 is 10.2 Å². The van der Waals surface area contributed by atoms with Crippen molar-refractivity contribution >= 4 is 23.4 Å². The number of aryl methyl sites for hydroxylation is 2. The molecule has 0 aromatic heterocycles. The summed E-state index contributed by atoms with van der Waals surface area (Å²) < 4.78 is 0. The van der Waals surface area contributed by atoms with Gasteiger partial charge in [0, 0.05) is 24.5 Å². The molecule has 1 N–H and O–H groups in total. The van der Waals surface area contributed by atoms with E-state index in [0.29, 0.717) is 31.0 Å². The fourth-order valence-corrected chi connectivity index (χ4v) is 3.33. The van der Waals surface area contributed by atoms with Gasteiger partial charge in [-0.05, 0) is 43.9 Å². The maximum absolute atomic E-state index is 13.1. The predicted octanol–water partition coefficient (Wildman–Crippen LogP) is 4.91. The van der Waals surface area contributed by atoms with Gasteiger partial charge in [0.2, 0.25) is 11.8 Å². The zero-order valence-electron chi connectivity index (χ0n) is 17.6. The first-order chi connectivity index (χ1) is 13.9. The van der Waals surface area contributed by atoms with E-state index in [2.05, 4.69) is 12.2 Å². The second-order valence-electron chi connectivity index (χ2n) is 7.42. The highest BCUT2D eigenvalue weighted by atomic mass is 35.5. The molecule has 0 saturated heterocycles. The molecule has 1 atom stereocenters. The van der Waals surface area contributed by atoms with Crippen molar-refractivity contribution in [1.29, 1.82) is 0 Å². The molecule has 4 nitrogen and oxygen atoms in total. The monoisotopic (exact) mass is 414 g/mol. The fourth-order valence-electron chi connectivity index (χ4n) is 3.10. The number of nitrogens with one attached hydrogen (secondary N) is 1. The number of carbonyl (C=O) groups excluding carboxylic acids is 2. The Kier molecular flexibility index (Phi) is 9.20. The molecule has 2 amide bonds. The van der Waals surface area contributed by atoms with E-state index in [9.17, 15) is 9.59 Å². The minimum atomic E-state index is -0.535. The van der Waals surface area contributed by atoms with Gasteiger partial charge in [-0.15, -0.1) is 0 Å². The first kappa shape index (κ1) is 23.0. The molecule has 2 aromatic carbocycles. The van der Waals surface area contributed by atoms with Crippen molar-refractivity contribution in [1.82, 2.24) is 10.2 Å². The molecule has 0 bridgehead atoms. The van der Waals surface area contributed by atoms with Crippen LogP contribution in [0.25, 0.3) is 0 Å². The van der Waals surface area contributed by atoms with E-state index >= 15 is 0 Å². The molecular formula is C24H31ClN2O2. The van der Waals surface area contributed by atoms with Gasteiger partial charge in [-0.25, -0.2) is 0 Å². The molecule has 0 radical (unpaired) electrons. The van der Waals surface area contributed by atoms with Crippen LogP contribution in [0.3, 0.4) is 0 Å². The lowest BCUT2D eigenvalue weighted by Crippen LogP contribution is -2.47. The van der Waals surface area contributed by atoms with Crippen molar-refractivity contribution < 1.29 is 9.59 Å². The molecule has 0 spiro atoms. The summed E-state index contributed by atoms with van der Waals surface area (Å²) >= 11 is 6.23. The SMILES string of the molecule is CCCCNC(=O)[C@@H](C)N(Cc1ccc(C)cc1)C(=O)CCc1ccccc1Cl. The number of unbranched alkanes of at least 4 members (excludes halogenated alkanes) is 1. The third-order valence-corrected chi connectivity index (χ3v) is 5.41. The van der Waals surface area contributed by atoms with E-state index in [1.165, 1.54) is 0 Å². The van der Waals surface area contributed by atoms with E-state index in [1.807, 2.05) is 55.5 Å². The van der Waals surface area contributed by atoms with Crippen molar-refractivity contribution in [2.24, 2.45) is 0 Å². The summed E-state index contributed by atoms with van der Waals surface area (Å²) in [4.78, 5) is 27.4. The number of hydrogen-bond donors (Lipinski definition) is 1. The fraction of sp³-hybridized carbons (Fsp3) is 0.417. The van der Waals surface area contributed by atoms with Crippen LogP contribution < -0.4 is 5.32 Å². The van der Waals surface area contributed by atoms with Crippen molar-refractivity contribution in [3.63, 3.8) is 0 Å². The molecule has 2 rings (SSSR count). The Balaban J connectivity index is 2.11. The first-order valence-electron chi connectivity index (χ1n) is 10.3. The summed E-state index contributed by atoms with van der Waals surface area (Å²) in [6.07, 6.45) is 2.80. The molecule has 0 saturated carbocycles. The normalized spacial score (nSPS) is 11.7. The second-order valence-corrected chi connectivity index (χ2v) is 7.83. The van der Waals surface area contributed by atoms with Crippen LogP contribution >= 0.6 is 11.6 Å². The summed E-state index contributed by atoms with van der Waals surface area (Å²) in [5, 5.41) is 3.61. The first-order valence-corrected chi connectivity index (χ1v) is 10.7. The zero-order chi connectivity index (χ0) is 21.2. The molecule has 0 fully saturated rings. The highest BCUT2D eigenvalue weighted by molar-refractivity contribution is 6.31. The van der Waals surface area contributed by atoms with Gasteiger partial charge in [0.25, 0.3) is 0 Å². The van der Waals surface area contributed by atoms with E-state index in [1.54, 1.807) is 11.8 Å². The smallest absolute Gasteiger partial charge is 0.242 e. The van der Waals surface area contributed by atoms with E-state index in [0.717, 1.165) is 29.5 Å². The largest absolute Gasteiger partial charge is 0.354 e. The summed E-state index contributed by atoms with van der Waals surface area (Å²) in [6, 6.07) is 15.1. The van der Waals surface area contributed by atoms with Crippen LogP contribution in [0, 0.1) is 6.92 Å². The number of rotatable bonds is 10. The molecule has 156 valence electrons. The van der Waals surface area contributed by atoms with Crippen molar-refractivity contribution in [3.8, 4) is 0 Å². The van der Waals surface area contributed by atoms with E-state index < -0.39 is 6.04 Å². The Labute approximate surface area is 179 Å². The van der Waals surface area contributed by atoms with Crippen molar-refractivity contribution in [2.75, 3.05) is 6.54 Å². The van der Waals surface area contributed by atoms with Gasteiger partial charge in [-0.3, -0.25) is 9.59 Å². The van der Waals surface area contributed by atoms with Gasteiger partial charge >= 0.3 is 0 Å². The Hall–Kier alpha value is -2.33. The molecule has 0 heterocycles. The lowest BCUT2D eigenvalue weighted by atomic mass is 10.1. The average molecular weight is 415 g/mol. The highest BCUT2D eigenvalue weighted by Crippen LogP contribution is 2.18. The van der Waals surface area contributed by atoms with E-state index in [4.69, 9.17) is 11.6 Å². The van der Waals surface area contributed by atoms with Gasteiger partial charge in [0.05, 0.1) is 0 Å². The van der Waals surface area contributed by atoms with Crippen LogP contribution in [0.15, 0.2) is 48.5 Å². The third-order valence-electron chi connectivity index (χ3n) is 5.04. The lowest BCUT2D eigenvalue weighted by Gasteiger charge is -2.29. The van der Waals surface area contributed by atoms with Crippen LogP contribution in [0.5, 0.6) is 0 Å². The molecule has 0 unspecified atom stereocenters. The summed E-state index contributed by atoms with van der Waals surface area (Å²) in [7, 11) is 0. The van der Waals surface area contributed by atoms with Gasteiger partial charge in [0.1, 0.15) is 6.04 Å². The van der Waals surface area contributed by atoms with Crippen LogP contribution in [0.4, 0.5) is 0 Å². The number of nitrogens with zero attached hydrogens (tertiary/aromatic N) is 1. The van der Waals surface area contributed by atoms with E-state index in [-0.39, 0.29) is 11.8 Å². The maximum atomic E-state index is 13.1. The summed E-state index contributed by atoms with van der Waals surface area (Å²) in [5.41, 5.74) is 3.11. The Bertz CT molecular complexity index is 805. The minimum Gasteiger partial charge on any atom is -0.354 e. The summed E-state index contributed by atoms with van der Waals surface area (Å²) in [5.74, 6) is -0.166. The highest BCUT2D eigenvalue weighted by Gasteiger charge is 2.25. The average Bonchev–Trinajstić information content (AvgIpc) is 2.72. The van der Waals surface area contributed by atoms with Crippen molar-refractivity contribution in [2.45, 2.75) is 59.0 Å². The predicted molar refractivity (Wildman–Crippen MR) is 119 cm³/mol. The quantitative estimate of drug-likeness (QED) is 0.561. The summed E-state index contributed by atoms with van der Waals surface area (Å²) in [6.45, 7) is 6.94. The molecule has 0 aliphatic rings. The number of carbonyl (C=O) groups is 2. The van der Waals surface area contributed by atoms with Crippen LogP contribution in [0.2, 0.25) is 5.02 Å². The molecule has 2 aromatic rings. The second kappa shape index (κ2) is 11.6. The van der Waals surface area contributed by atoms with Gasteiger partial charge in [-0.1, -0.05) is 73.0 Å². The minimum absolute atomic E-state index is 0.0522. The Morgan fingerprint density at radius 1 is 1.10 bits per heavy atom. The van der Waals surface area contributed by atoms with Gasteiger partial charge in [0.15, 0.2) is 0 Å². The van der Waals surface area contributed by atoms with Gasteiger partial charge in [-0.2, -0.15) is 0 Å². The Morgan fingerprint density at radius 2 is 1.79 bits per heavy atom. The maximum Gasteiger partial charge on any atom is 0.242 e. The van der Waals surface area contributed by atoms with Crippen LogP contribution in [-0.4, -0.2) is 29.3 Å². The Morgan fingerprint density at radius 3 is 2.45 bits per heavy atom. The number of benzene rings is 2. The standard InChI is InChI=1S/C24H31ClN2O2/c1-4-5-16-26-24(29)19(3)27(17-20-12-10-18(2)11-13-20)23(28)15-14-21-8-6-7-9-22(21)25/h6-13,19H,4-5,14-17H2,1-3H3,(H,26,29)/t19-/m1/s1. The molecule has 0 aliphatic carbocycles. The van der Waals surface area contributed by atoms with Crippen LogP contribution in [-0.2, 0) is 22.6 Å². The van der Waals surface area contributed by atoms with Crippen LogP contribution in [0.1, 0.15) is 49.8 Å². The number of halogens is 1. The number of amides is 2. The number of hydrogen-bond acceptors (Lipinski definition) is 2. The molecule has 29 heavy (non-hydrogen) atoms. The zero-order valence-corrected chi connectivity index (χ0v) is 18.3. The lowest BCUT2D eigenvalue weighted by molar-refractivity contribution is -0.140. The van der Waals surface area contributed by atoms with Crippen molar-refractivity contribution in [3.05, 3.63) is 70.2 Å². The molecule has 5 heteroatoms. The molecular weight excluding hydrogens is 384 g/mol. The third kappa shape index (κ3) is 7.21. The molecule has 0 aliphatic heterocycles. The topological polar surface area (TPSA) is 49.4 Å².